The molecule has 0 aliphatic rings. The summed E-state index contributed by atoms with van der Waals surface area (Å²) in [5, 5.41) is 15.2. The van der Waals surface area contributed by atoms with Crippen LogP contribution in [0.15, 0.2) is 24.3 Å². The van der Waals surface area contributed by atoms with E-state index in [2.05, 4.69) is 5.32 Å². The molecule has 0 saturated heterocycles. The summed E-state index contributed by atoms with van der Waals surface area (Å²) in [6.45, 7) is 2.79. The van der Waals surface area contributed by atoms with Crippen LogP contribution in [0.4, 0.5) is 10.7 Å². The lowest BCUT2D eigenvalue weighted by molar-refractivity contribution is -0.379. The molecule has 1 N–H and O–H groups in total. The van der Waals surface area contributed by atoms with Gasteiger partial charge < -0.3 is 5.32 Å². The van der Waals surface area contributed by atoms with Crippen LogP contribution in [0.5, 0.6) is 0 Å². The SMILES string of the molecule is CCCNc1c([N+](=O)[O-])sc2ccccc12. The quantitative estimate of drug-likeness (QED) is 0.651. The summed E-state index contributed by atoms with van der Waals surface area (Å²) in [7, 11) is 0. The number of hydrogen-bond donors (Lipinski definition) is 1. The summed E-state index contributed by atoms with van der Waals surface area (Å²) in [5.41, 5.74) is 0.660. The molecule has 1 aromatic carbocycles. The van der Waals surface area contributed by atoms with E-state index in [4.69, 9.17) is 0 Å². The Morgan fingerprint density at radius 3 is 2.88 bits per heavy atom. The van der Waals surface area contributed by atoms with Gasteiger partial charge in [0.15, 0.2) is 0 Å². The summed E-state index contributed by atoms with van der Waals surface area (Å²) in [5.74, 6) is 0. The second kappa shape index (κ2) is 4.49. The zero-order valence-corrected chi connectivity index (χ0v) is 9.71. The van der Waals surface area contributed by atoms with Crippen molar-refractivity contribution in [3.63, 3.8) is 0 Å². The van der Waals surface area contributed by atoms with Crippen LogP contribution in [0.2, 0.25) is 0 Å². The molecule has 0 unspecified atom stereocenters. The molecule has 5 heteroatoms. The molecule has 4 nitrogen and oxygen atoms in total. The van der Waals surface area contributed by atoms with Gasteiger partial charge in [0.25, 0.3) is 0 Å². The minimum absolute atomic E-state index is 0.203. The predicted octanol–water partition coefficient (Wildman–Crippen LogP) is 3.63. The number of fused-ring (bicyclic) bond motifs is 1. The predicted molar refractivity (Wildman–Crippen MR) is 67.3 cm³/mol. The number of benzene rings is 1. The fourth-order valence-corrected chi connectivity index (χ4v) is 2.58. The number of hydrogen-bond acceptors (Lipinski definition) is 4. The molecule has 0 bridgehead atoms. The number of nitrogens with one attached hydrogen (secondary N) is 1. The number of thiophene rings is 1. The van der Waals surface area contributed by atoms with Crippen molar-refractivity contribution in [3.8, 4) is 0 Å². The highest BCUT2D eigenvalue weighted by molar-refractivity contribution is 7.23. The number of anilines is 1. The molecular formula is C11H12N2O2S. The van der Waals surface area contributed by atoms with E-state index < -0.39 is 0 Å². The zero-order chi connectivity index (χ0) is 11.5. The van der Waals surface area contributed by atoms with Crippen LogP contribution in [0.3, 0.4) is 0 Å². The largest absolute Gasteiger partial charge is 0.378 e. The van der Waals surface area contributed by atoms with Gasteiger partial charge in [-0.2, -0.15) is 0 Å². The Morgan fingerprint density at radius 1 is 1.44 bits per heavy atom. The average molecular weight is 236 g/mol. The Bertz CT molecular complexity index is 522. The monoisotopic (exact) mass is 236 g/mol. The van der Waals surface area contributed by atoms with Gasteiger partial charge in [-0.3, -0.25) is 10.1 Å². The lowest BCUT2D eigenvalue weighted by Crippen LogP contribution is -2.01. The lowest BCUT2D eigenvalue weighted by Gasteiger charge is -2.01. The molecule has 84 valence electrons. The fraction of sp³-hybridized carbons (Fsp3) is 0.273. The fourth-order valence-electron chi connectivity index (χ4n) is 1.58. The first-order valence-corrected chi connectivity index (χ1v) is 5.95. The minimum atomic E-state index is -0.317. The Labute approximate surface area is 97.1 Å². The second-order valence-corrected chi connectivity index (χ2v) is 4.49. The van der Waals surface area contributed by atoms with Gasteiger partial charge >= 0.3 is 5.00 Å². The van der Waals surface area contributed by atoms with Crippen molar-refractivity contribution in [1.29, 1.82) is 0 Å². The Kier molecular flexibility index (Phi) is 3.05. The first-order valence-electron chi connectivity index (χ1n) is 5.14. The Hall–Kier alpha value is -1.62. The van der Waals surface area contributed by atoms with Gasteiger partial charge in [0.1, 0.15) is 5.69 Å². The van der Waals surface area contributed by atoms with Crippen LogP contribution in [-0.4, -0.2) is 11.5 Å². The zero-order valence-electron chi connectivity index (χ0n) is 8.90. The van der Waals surface area contributed by atoms with Gasteiger partial charge in [0.05, 0.1) is 4.92 Å². The molecule has 0 spiro atoms. The molecule has 2 rings (SSSR count). The van der Waals surface area contributed by atoms with Gasteiger partial charge in [-0.25, -0.2) is 0 Å². The third kappa shape index (κ3) is 1.86. The van der Waals surface area contributed by atoms with E-state index in [0.29, 0.717) is 5.69 Å². The molecule has 0 radical (unpaired) electrons. The lowest BCUT2D eigenvalue weighted by atomic mass is 10.2. The maximum absolute atomic E-state index is 10.9. The van der Waals surface area contributed by atoms with Crippen LogP contribution in [-0.2, 0) is 0 Å². The van der Waals surface area contributed by atoms with Gasteiger partial charge in [-0.1, -0.05) is 36.5 Å². The standard InChI is InChI=1S/C11H12N2O2S/c1-2-7-12-10-8-5-3-4-6-9(8)16-11(10)13(14)15/h3-6,12H,2,7H2,1H3. The number of nitro groups is 1. The van der Waals surface area contributed by atoms with Crippen LogP contribution >= 0.6 is 11.3 Å². The highest BCUT2D eigenvalue weighted by Gasteiger charge is 2.20. The summed E-state index contributed by atoms with van der Waals surface area (Å²) in [4.78, 5) is 10.6. The van der Waals surface area contributed by atoms with Gasteiger partial charge in [0, 0.05) is 16.6 Å². The Morgan fingerprint density at radius 2 is 2.19 bits per heavy atom. The summed E-state index contributed by atoms with van der Waals surface area (Å²) >= 11 is 1.22. The summed E-state index contributed by atoms with van der Waals surface area (Å²) in [6.07, 6.45) is 0.946. The molecule has 0 aliphatic heterocycles. The maximum atomic E-state index is 10.9. The van der Waals surface area contributed by atoms with Crippen LogP contribution in [0, 0.1) is 10.1 Å². The van der Waals surface area contributed by atoms with Crippen LogP contribution < -0.4 is 5.32 Å². The molecule has 16 heavy (non-hydrogen) atoms. The van der Waals surface area contributed by atoms with Crippen molar-refractivity contribution >= 4 is 32.1 Å². The van der Waals surface area contributed by atoms with E-state index in [0.717, 1.165) is 23.1 Å². The molecule has 2 aromatic rings. The normalized spacial score (nSPS) is 10.6. The van der Waals surface area contributed by atoms with E-state index in [1.165, 1.54) is 11.3 Å². The molecule has 1 aromatic heterocycles. The highest BCUT2D eigenvalue weighted by atomic mass is 32.1. The van der Waals surface area contributed by atoms with Crippen molar-refractivity contribution in [2.24, 2.45) is 0 Å². The highest BCUT2D eigenvalue weighted by Crippen LogP contribution is 2.41. The van der Waals surface area contributed by atoms with Crippen molar-refractivity contribution in [2.75, 3.05) is 11.9 Å². The van der Waals surface area contributed by atoms with Gasteiger partial charge in [-0.15, -0.1) is 0 Å². The van der Waals surface area contributed by atoms with Crippen molar-refractivity contribution in [3.05, 3.63) is 34.4 Å². The first-order chi connectivity index (χ1) is 7.74. The van der Waals surface area contributed by atoms with Gasteiger partial charge in [0.2, 0.25) is 0 Å². The molecule has 0 fully saturated rings. The Balaban J connectivity index is 2.55. The topological polar surface area (TPSA) is 55.2 Å². The molecule has 0 aliphatic carbocycles. The number of rotatable bonds is 4. The summed E-state index contributed by atoms with van der Waals surface area (Å²) in [6, 6.07) is 7.61. The molecular weight excluding hydrogens is 224 g/mol. The third-order valence-corrected chi connectivity index (χ3v) is 3.42. The van der Waals surface area contributed by atoms with Crippen molar-refractivity contribution in [1.82, 2.24) is 0 Å². The third-order valence-electron chi connectivity index (χ3n) is 2.29. The molecule has 0 amide bonds. The average Bonchev–Trinajstić information content (AvgIpc) is 2.65. The van der Waals surface area contributed by atoms with Gasteiger partial charge in [-0.05, 0) is 12.5 Å². The number of nitrogens with zero attached hydrogens (tertiary/aromatic N) is 1. The van der Waals surface area contributed by atoms with E-state index in [9.17, 15) is 10.1 Å². The molecule has 1 heterocycles. The van der Waals surface area contributed by atoms with E-state index >= 15 is 0 Å². The first kappa shape index (κ1) is 10.9. The van der Waals surface area contributed by atoms with Crippen LogP contribution in [0.25, 0.3) is 10.1 Å². The van der Waals surface area contributed by atoms with Crippen molar-refractivity contribution in [2.45, 2.75) is 13.3 Å². The summed E-state index contributed by atoms with van der Waals surface area (Å²) < 4.78 is 0.952. The van der Waals surface area contributed by atoms with Crippen molar-refractivity contribution < 1.29 is 4.92 Å². The molecule has 0 saturated carbocycles. The maximum Gasteiger partial charge on any atom is 0.348 e. The van der Waals surface area contributed by atoms with E-state index in [1.807, 2.05) is 31.2 Å². The smallest absolute Gasteiger partial charge is 0.348 e. The second-order valence-electron chi connectivity index (χ2n) is 3.46. The minimum Gasteiger partial charge on any atom is -0.378 e. The van der Waals surface area contributed by atoms with E-state index in [1.54, 1.807) is 0 Å². The van der Waals surface area contributed by atoms with Crippen LogP contribution in [0.1, 0.15) is 13.3 Å². The van der Waals surface area contributed by atoms with E-state index in [-0.39, 0.29) is 9.92 Å². The molecule has 0 atom stereocenters.